The average molecular weight is 593 g/mol. The number of nitrogens with one attached hydrogen (secondary N) is 1. The van der Waals surface area contributed by atoms with E-state index >= 15 is 0 Å². The van der Waals surface area contributed by atoms with Crippen LogP contribution in [0, 0.1) is 11.7 Å². The van der Waals surface area contributed by atoms with Gasteiger partial charge in [0.15, 0.2) is 0 Å². The molecule has 41 heavy (non-hydrogen) atoms. The molecule has 0 bridgehead atoms. The summed E-state index contributed by atoms with van der Waals surface area (Å²) in [6.45, 7) is 0.274. The fraction of sp³-hybridized carbons (Fsp3) is 0.290. The second-order valence-electron chi connectivity index (χ2n) is 10.8. The third-order valence-electron chi connectivity index (χ3n) is 8.07. The summed E-state index contributed by atoms with van der Waals surface area (Å²) in [7, 11) is -2.21. The lowest BCUT2D eigenvalue weighted by Gasteiger charge is -2.29. The molecule has 4 aromatic rings. The minimum Gasteiger partial charge on any atom is -0.337 e. The fourth-order valence-corrected chi connectivity index (χ4v) is 7.18. The molecule has 1 N–H and O–H groups in total. The van der Waals surface area contributed by atoms with Gasteiger partial charge in [-0.05, 0) is 84.7 Å². The predicted octanol–water partition coefficient (Wildman–Crippen LogP) is 5.91. The summed E-state index contributed by atoms with van der Waals surface area (Å²) >= 11 is 6.07. The molecular formula is C31H30ClFN4O3S. The minimum absolute atomic E-state index is 0.00723. The SMILES string of the molecule is Cn1ccnc1CN(C(=O)C1CC1c1ccc(Cl)cc1)c1ccc2c(c1)C(NS(=O)(=O)c1ccccc1F)CCC2. The largest absolute Gasteiger partial charge is 0.337 e. The third-order valence-corrected chi connectivity index (χ3v) is 9.83. The number of halogens is 2. The van der Waals surface area contributed by atoms with Crippen molar-refractivity contribution in [3.8, 4) is 0 Å². The van der Waals surface area contributed by atoms with Crippen LogP contribution in [0.25, 0.3) is 0 Å². The van der Waals surface area contributed by atoms with Crippen molar-refractivity contribution in [2.75, 3.05) is 4.90 Å². The standard InChI is InChI=1S/C31H30ClFN4O3S/c1-36-16-15-34-30(36)19-37(31(38)26-18-24(26)21-9-12-22(32)13-10-21)23-14-11-20-5-4-7-28(25(20)17-23)35-41(39,40)29-8-3-2-6-27(29)33/h2-3,6,8-17,24,26,28,35H,4-5,7,18-19H2,1H3. The van der Waals surface area contributed by atoms with E-state index in [9.17, 15) is 17.6 Å². The van der Waals surface area contributed by atoms with Crippen LogP contribution in [0.4, 0.5) is 10.1 Å². The number of nitrogens with zero attached hydrogens (tertiary/aromatic N) is 3. The highest BCUT2D eigenvalue weighted by Crippen LogP contribution is 2.49. The molecule has 10 heteroatoms. The topological polar surface area (TPSA) is 84.3 Å². The molecule has 0 saturated heterocycles. The van der Waals surface area contributed by atoms with Crippen LogP contribution < -0.4 is 9.62 Å². The van der Waals surface area contributed by atoms with Gasteiger partial charge in [0, 0.05) is 42.1 Å². The first-order chi connectivity index (χ1) is 19.7. The number of hydrogen-bond acceptors (Lipinski definition) is 4. The molecule has 3 atom stereocenters. The monoisotopic (exact) mass is 592 g/mol. The molecular weight excluding hydrogens is 563 g/mol. The Balaban J connectivity index is 1.32. The van der Waals surface area contributed by atoms with Gasteiger partial charge in [-0.25, -0.2) is 22.5 Å². The maximum atomic E-state index is 14.4. The molecule has 3 aromatic carbocycles. The molecule has 1 saturated carbocycles. The van der Waals surface area contributed by atoms with Gasteiger partial charge in [-0.15, -0.1) is 0 Å². The smallest absolute Gasteiger partial charge is 0.244 e. The van der Waals surface area contributed by atoms with Gasteiger partial charge in [-0.2, -0.15) is 0 Å². The van der Waals surface area contributed by atoms with Crippen LogP contribution in [0.15, 0.2) is 84.0 Å². The number of hydrogen-bond donors (Lipinski definition) is 1. The zero-order valence-corrected chi connectivity index (χ0v) is 24.1. The Morgan fingerprint density at radius 3 is 2.66 bits per heavy atom. The van der Waals surface area contributed by atoms with Crippen molar-refractivity contribution >= 4 is 33.2 Å². The van der Waals surface area contributed by atoms with Gasteiger partial charge in [0.2, 0.25) is 15.9 Å². The lowest BCUT2D eigenvalue weighted by atomic mass is 9.87. The number of benzene rings is 3. The van der Waals surface area contributed by atoms with Gasteiger partial charge in [-0.1, -0.05) is 41.9 Å². The van der Waals surface area contributed by atoms with Gasteiger partial charge in [0.1, 0.15) is 16.5 Å². The molecule has 0 spiro atoms. The van der Waals surface area contributed by atoms with Crippen molar-refractivity contribution < 1.29 is 17.6 Å². The molecule has 1 fully saturated rings. The summed E-state index contributed by atoms with van der Waals surface area (Å²) in [5.41, 5.74) is 3.57. The zero-order valence-electron chi connectivity index (χ0n) is 22.5. The first kappa shape index (κ1) is 27.6. The highest BCUT2D eigenvalue weighted by Gasteiger charge is 2.46. The van der Waals surface area contributed by atoms with E-state index in [0.717, 1.165) is 47.8 Å². The highest BCUT2D eigenvalue weighted by molar-refractivity contribution is 7.89. The third kappa shape index (κ3) is 5.66. The van der Waals surface area contributed by atoms with Crippen LogP contribution >= 0.6 is 11.6 Å². The molecule has 2 aliphatic rings. The lowest BCUT2D eigenvalue weighted by Crippen LogP contribution is -2.34. The Hall–Kier alpha value is -3.53. The Bertz CT molecular complexity index is 1710. The number of fused-ring (bicyclic) bond motifs is 1. The van der Waals surface area contributed by atoms with E-state index in [4.69, 9.17) is 11.6 Å². The number of rotatable bonds is 8. The summed E-state index contributed by atoms with van der Waals surface area (Å²) in [5.74, 6) is -0.135. The number of amides is 1. The van der Waals surface area contributed by atoms with E-state index in [1.165, 1.54) is 18.2 Å². The van der Waals surface area contributed by atoms with Crippen LogP contribution in [-0.4, -0.2) is 23.9 Å². The van der Waals surface area contributed by atoms with Crippen molar-refractivity contribution in [3.63, 3.8) is 0 Å². The van der Waals surface area contributed by atoms with Gasteiger partial charge < -0.3 is 9.47 Å². The maximum Gasteiger partial charge on any atom is 0.244 e. The summed E-state index contributed by atoms with van der Waals surface area (Å²) in [4.78, 5) is 19.8. The van der Waals surface area contributed by atoms with Crippen molar-refractivity contribution in [1.29, 1.82) is 0 Å². The quantitative estimate of drug-likeness (QED) is 0.276. The molecule has 212 valence electrons. The molecule has 1 amide bonds. The van der Waals surface area contributed by atoms with Crippen molar-refractivity contribution in [1.82, 2.24) is 14.3 Å². The van der Waals surface area contributed by atoms with E-state index in [0.29, 0.717) is 17.1 Å². The second kappa shape index (κ2) is 11.0. The first-order valence-electron chi connectivity index (χ1n) is 13.6. The summed E-state index contributed by atoms with van der Waals surface area (Å²) in [6.07, 6.45) is 6.43. The number of carbonyl (C=O) groups excluding carboxylic acids is 1. The molecule has 1 heterocycles. The van der Waals surface area contributed by atoms with Crippen LogP contribution in [-0.2, 0) is 34.8 Å². The molecule has 0 radical (unpaired) electrons. The fourth-order valence-electron chi connectivity index (χ4n) is 5.72. The molecule has 1 aromatic heterocycles. The Kier molecular flexibility index (Phi) is 7.44. The zero-order chi connectivity index (χ0) is 28.7. The number of aromatic nitrogens is 2. The van der Waals surface area contributed by atoms with Gasteiger partial charge in [0.05, 0.1) is 6.54 Å². The summed E-state index contributed by atoms with van der Waals surface area (Å²) < 4.78 is 45.3. The Morgan fingerprint density at radius 1 is 1.15 bits per heavy atom. The van der Waals surface area contributed by atoms with E-state index in [1.54, 1.807) is 11.1 Å². The minimum atomic E-state index is -4.10. The van der Waals surface area contributed by atoms with Crippen LogP contribution in [0.5, 0.6) is 0 Å². The predicted molar refractivity (Wildman–Crippen MR) is 156 cm³/mol. The number of anilines is 1. The summed E-state index contributed by atoms with van der Waals surface area (Å²) in [5, 5.41) is 0.655. The van der Waals surface area contributed by atoms with Crippen molar-refractivity contribution in [2.45, 2.75) is 49.1 Å². The molecule has 3 unspecified atom stereocenters. The Labute approximate surface area is 244 Å². The molecule has 7 nitrogen and oxygen atoms in total. The number of sulfonamides is 1. The van der Waals surface area contributed by atoms with E-state index < -0.39 is 21.9 Å². The normalized spacial score (nSPS) is 19.9. The van der Waals surface area contributed by atoms with Crippen molar-refractivity contribution in [2.24, 2.45) is 13.0 Å². The van der Waals surface area contributed by atoms with Crippen LogP contribution in [0.1, 0.15) is 53.7 Å². The maximum absolute atomic E-state index is 14.4. The molecule has 6 rings (SSSR count). The van der Waals surface area contributed by atoms with Gasteiger partial charge in [0.25, 0.3) is 0 Å². The van der Waals surface area contributed by atoms with E-state index in [-0.39, 0.29) is 29.2 Å². The highest BCUT2D eigenvalue weighted by atomic mass is 35.5. The van der Waals surface area contributed by atoms with E-state index in [2.05, 4.69) is 9.71 Å². The molecule has 0 aliphatic heterocycles. The van der Waals surface area contributed by atoms with Crippen LogP contribution in [0.2, 0.25) is 5.02 Å². The van der Waals surface area contributed by atoms with Gasteiger partial charge in [-0.3, -0.25) is 4.79 Å². The Morgan fingerprint density at radius 2 is 1.93 bits per heavy atom. The number of aryl methyl sites for hydroxylation is 2. The number of carbonyl (C=O) groups is 1. The summed E-state index contributed by atoms with van der Waals surface area (Å²) in [6, 6.07) is 18.2. The van der Waals surface area contributed by atoms with Gasteiger partial charge >= 0.3 is 0 Å². The first-order valence-corrected chi connectivity index (χ1v) is 15.5. The van der Waals surface area contributed by atoms with Crippen molar-refractivity contribution in [3.05, 3.63) is 112 Å². The van der Waals surface area contributed by atoms with E-state index in [1.807, 2.05) is 60.3 Å². The second-order valence-corrected chi connectivity index (χ2v) is 12.9. The molecule has 2 aliphatic carbocycles. The lowest BCUT2D eigenvalue weighted by molar-refractivity contribution is -0.120. The van der Waals surface area contributed by atoms with Crippen LogP contribution in [0.3, 0.4) is 0 Å². The average Bonchev–Trinajstić information content (AvgIpc) is 3.66. The number of imidazole rings is 1.